The zero-order valence-corrected chi connectivity index (χ0v) is 19.5. The number of aryl methyl sites for hydroxylation is 1. The van der Waals surface area contributed by atoms with Crippen molar-refractivity contribution < 1.29 is 9.90 Å². The number of amides is 1. The second-order valence-corrected chi connectivity index (χ2v) is 8.98. The van der Waals surface area contributed by atoms with E-state index in [0.29, 0.717) is 5.92 Å². The molecule has 5 nitrogen and oxygen atoms in total. The van der Waals surface area contributed by atoms with Crippen LogP contribution in [-0.4, -0.2) is 47.1 Å². The summed E-state index contributed by atoms with van der Waals surface area (Å²) >= 11 is 0. The maximum absolute atomic E-state index is 13.0. The fraction of sp³-hybridized carbons (Fsp3) is 0.357. The van der Waals surface area contributed by atoms with Crippen LogP contribution in [0.25, 0.3) is 11.1 Å². The van der Waals surface area contributed by atoms with E-state index in [2.05, 4.69) is 39.5 Å². The molecule has 3 aromatic rings. The molecule has 0 bridgehead atoms. The number of carbonyl (C=O) groups is 1. The predicted octanol–water partition coefficient (Wildman–Crippen LogP) is 4.97. The summed E-state index contributed by atoms with van der Waals surface area (Å²) in [4.78, 5) is 19.5. The Bertz CT molecular complexity index is 1070. The second-order valence-electron chi connectivity index (χ2n) is 8.98. The summed E-state index contributed by atoms with van der Waals surface area (Å²) in [6.07, 6.45) is 4.00. The Morgan fingerprint density at radius 2 is 1.85 bits per heavy atom. The van der Waals surface area contributed by atoms with Crippen LogP contribution in [0, 0.1) is 6.92 Å². The monoisotopic (exact) mass is 443 g/mol. The van der Waals surface area contributed by atoms with Crippen LogP contribution in [0.1, 0.15) is 48.4 Å². The normalized spacial score (nSPS) is 15.8. The van der Waals surface area contributed by atoms with Crippen LogP contribution in [0.5, 0.6) is 0 Å². The summed E-state index contributed by atoms with van der Waals surface area (Å²) in [6.45, 7) is 6.95. The number of hydrogen-bond acceptors (Lipinski definition) is 4. The number of anilines is 1. The number of benzene rings is 2. The van der Waals surface area contributed by atoms with Crippen molar-refractivity contribution in [1.29, 1.82) is 0 Å². The molecular weight excluding hydrogens is 410 g/mol. The molecule has 1 unspecified atom stereocenters. The highest BCUT2D eigenvalue weighted by Gasteiger charge is 2.22. The minimum atomic E-state index is -0.234. The lowest BCUT2D eigenvalue weighted by Gasteiger charge is -2.32. The summed E-state index contributed by atoms with van der Waals surface area (Å²) in [5.74, 6) is 0.277. The minimum absolute atomic E-state index is 0.00239. The number of likely N-dealkylation sites (tertiary alicyclic amines) is 1. The molecule has 0 saturated carbocycles. The van der Waals surface area contributed by atoms with Gasteiger partial charge in [0, 0.05) is 24.1 Å². The first-order valence-electron chi connectivity index (χ1n) is 11.8. The van der Waals surface area contributed by atoms with Crippen molar-refractivity contribution >= 4 is 11.6 Å². The van der Waals surface area contributed by atoms with E-state index in [1.54, 1.807) is 0 Å². The van der Waals surface area contributed by atoms with Crippen LogP contribution >= 0.6 is 0 Å². The van der Waals surface area contributed by atoms with Crippen LogP contribution in [0.3, 0.4) is 0 Å². The number of pyridine rings is 1. The number of aromatic nitrogens is 1. The minimum Gasteiger partial charge on any atom is -0.395 e. The number of carbonyl (C=O) groups excluding carboxylic acids is 1. The maximum Gasteiger partial charge on any atom is 0.231 e. The van der Waals surface area contributed by atoms with Gasteiger partial charge in [-0.2, -0.15) is 0 Å². The highest BCUT2D eigenvalue weighted by molar-refractivity contribution is 5.95. The summed E-state index contributed by atoms with van der Waals surface area (Å²) < 4.78 is 0. The van der Waals surface area contributed by atoms with Crippen LogP contribution in [0.15, 0.2) is 66.9 Å². The fourth-order valence-corrected chi connectivity index (χ4v) is 4.59. The zero-order valence-electron chi connectivity index (χ0n) is 19.5. The van der Waals surface area contributed by atoms with Gasteiger partial charge in [0.25, 0.3) is 0 Å². The molecule has 0 aliphatic carbocycles. The van der Waals surface area contributed by atoms with E-state index in [0.717, 1.165) is 60.5 Å². The molecular formula is C28H33N3O2. The largest absolute Gasteiger partial charge is 0.395 e. The molecule has 2 N–H and O–H groups in total. The molecule has 4 rings (SSSR count). The van der Waals surface area contributed by atoms with Gasteiger partial charge in [-0.25, -0.2) is 0 Å². The molecule has 2 heterocycles. The first kappa shape index (κ1) is 23.1. The van der Waals surface area contributed by atoms with Gasteiger partial charge in [-0.1, -0.05) is 36.4 Å². The van der Waals surface area contributed by atoms with Crippen molar-refractivity contribution in [3.63, 3.8) is 0 Å². The third-order valence-electron chi connectivity index (χ3n) is 6.66. The van der Waals surface area contributed by atoms with Gasteiger partial charge in [0.05, 0.1) is 12.5 Å². The van der Waals surface area contributed by atoms with Gasteiger partial charge in [-0.05, 0) is 92.2 Å². The Morgan fingerprint density at radius 1 is 1.09 bits per heavy atom. The first-order chi connectivity index (χ1) is 16.0. The number of aliphatic hydroxyl groups excluding tert-OH is 1. The SMILES string of the molecule is Cc1cc(-c2ccc(NC(=O)C(C)c3cccc(C4CCN(CCO)CC4)c3)cc2)ccn1. The molecule has 1 atom stereocenters. The smallest absolute Gasteiger partial charge is 0.231 e. The van der Waals surface area contributed by atoms with Gasteiger partial charge in [0.1, 0.15) is 0 Å². The predicted molar refractivity (Wildman–Crippen MR) is 133 cm³/mol. The number of aliphatic hydroxyl groups is 1. The Balaban J connectivity index is 1.39. The Labute approximate surface area is 196 Å². The zero-order chi connectivity index (χ0) is 23.2. The second kappa shape index (κ2) is 10.7. The topological polar surface area (TPSA) is 65.5 Å². The van der Waals surface area contributed by atoms with Crippen LogP contribution in [-0.2, 0) is 4.79 Å². The van der Waals surface area contributed by atoms with Gasteiger partial charge in [0.15, 0.2) is 0 Å². The molecule has 1 fully saturated rings. The van der Waals surface area contributed by atoms with Crippen molar-refractivity contribution in [2.24, 2.45) is 0 Å². The lowest BCUT2D eigenvalue weighted by molar-refractivity contribution is -0.117. The summed E-state index contributed by atoms with van der Waals surface area (Å²) in [7, 11) is 0. The first-order valence-corrected chi connectivity index (χ1v) is 11.8. The van der Waals surface area contributed by atoms with E-state index < -0.39 is 0 Å². The summed E-state index contributed by atoms with van der Waals surface area (Å²) in [5, 5.41) is 12.2. The molecule has 5 heteroatoms. The van der Waals surface area contributed by atoms with E-state index in [1.165, 1.54) is 5.56 Å². The lowest BCUT2D eigenvalue weighted by atomic mass is 9.87. The van der Waals surface area contributed by atoms with Crippen molar-refractivity contribution in [2.45, 2.75) is 38.5 Å². The summed E-state index contributed by atoms with van der Waals surface area (Å²) in [6, 6.07) is 20.5. The van der Waals surface area contributed by atoms with Crippen molar-refractivity contribution in [3.8, 4) is 11.1 Å². The molecule has 1 saturated heterocycles. The van der Waals surface area contributed by atoms with Crippen LogP contribution < -0.4 is 5.32 Å². The highest BCUT2D eigenvalue weighted by Crippen LogP contribution is 2.30. The number of nitrogens with one attached hydrogen (secondary N) is 1. The van der Waals surface area contributed by atoms with Crippen LogP contribution in [0.4, 0.5) is 5.69 Å². The van der Waals surface area contributed by atoms with E-state index >= 15 is 0 Å². The molecule has 172 valence electrons. The van der Waals surface area contributed by atoms with Crippen molar-refractivity contribution in [3.05, 3.63) is 83.7 Å². The quantitative estimate of drug-likeness (QED) is 0.541. The Hall–Kier alpha value is -3.02. The molecule has 2 aromatic carbocycles. The van der Waals surface area contributed by atoms with Crippen molar-refractivity contribution in [1.82, 2.24) is 9.88 Å². The number of rotatable bonds is 7. The molecule has 0 radical (unpaired) electrons. The molecule has 1 aliphatic heterocycles. The fourth-order valence-electron chi connectivity index (χ4n) is 4.59. The number of piperidine rings is 1. The number of hydrogen-bond donors (Lipinski definition) is 2. The lowest BCUT2D eigenvalue weighted by Crippen LogP contribution is -2.34. The van der Waals surface area contributed by atoms with Crippen molar-refractivity contribution in [2.75, 3.05) is 31.6 Å². The average Bonchev–Trinajstić information content (AvgIpc) is 2.85. The Morgan fingerprint density at radius 3 is 2.55 bits per heavy atom. The third-order valence-corrected chi connectivity index (χ3v) is 6.66. The van der Waals surface area contributed by atoms with E-state index in [1.807, 2.05) is 56.4 Å². The van der Waals surface area contributed by atoms with Gasteiger partial charge in [0.2, 0.25) is 5.91 Å². The van der Waals surface area contributed by atoms with Gasteiger partial charge in [-0.3, -0.25) is 9.78 Å². The maximum atomic E-state index is 13.0. The van der Waals surface area contributed by atoms with Crippen LogP contribution in [0.2, 0.25) is 0 Å². The van der Waals surface area contributed by atoms with E-state index in [9.17, 15) is 4.79 Å². The Kier molecular flexibility index (Phi) is 7.53. The molecule has 1 aliphatic rings. The summed E-state index contributed by atoms with van der Waals surface area (Å²) in [5.41, 5.74) is 6.36. The van der Waals surface area contributed by atoms with E-state index in [-0.39, 0.29) is 18.4 Å². The van der Waals surface area contributed by atoms with E-state index in [4.69, 9.17) is 5.11 Å². The van der Waals surface area contributed by atoms with Gasteiger partial charge >= 0.3 is 0 Å². The average molecular weight is 444 g/mol. The van der Waals surface area contributed by atoms with Gasteiger partial charge in [-0.15, -0.1) is 0 Å². The molecule has 1 aromatic heterocycles. The van der Waals surface area contributed by atoms with Gasteiger partial charge < -0.3 is 15.3 Å². The third kappa shape index (κ3) is 5.86. The number of nitrogens with zero attached hydrogens (tertiary/aromatic N) is 2. The number of β-amino-alcohol motifs (C(OH)–C–C–N with tert-alkyl or cyclic N) is 1. The highest BCUT2D eigenvalue weighted by atomic mass is 16.3. The molecule has 0 spiro atoms. The molecule has 1 amide bonds. The molecule has 33 heavy (non-hydrogen) atoms. The standard InChI is InChI=1S/C28H33N3O2/c1-20-18-26(10-13-29-20)22-6-8-27(9-7-22)30-28(33)21(2)24-4-3-5-25(19-24)23-11-14-31(15-12-23)16-17-32/h3-10,13,18-19,21,23,32H,11-12,14-17H2,1-2H3,(H,30,33).